The SMILES string of the molecule is CCNC(C)(CCCN1CCCC(C)(C)C1)C(=O)OC. The molecule has 1 atom stereocenters. The van der Waals surface area contributed by atoms with Crippen molar-refractivity contribution in [2.75, 3.05) is 33.3 Å². The second kappa shape index (κ2) is 7.41. The number of carbonyl (C=O) groups is 1. The molecule has 0 spiro atoms. The van der Waals surface area contributed by atoms with Gasteiger partial charge in [0.25, 0.3) is 0 Å². The van der Waals surface area contributed by atoms with Crippen molar-refractivity contribution in [3.05, 3.63) is 0 Å². The first kappa shape index (κ1) is 17.4. The predicted molar refractivity (Wildman–Crippen MR) is 82.8 cm³/mol. The molecule has 20 heavy (non-hydrogen) atoms. The summed E-state index contributed by atoms with van der Waals surface area (Å²) in [6.45, 7) is 12.9. The van der Waals surface area contributed by atoms with Gasteiger partial charge in [0, 0.05) is 6.54 Å². The van der Waals surface area contributed by atoms with Crippen molar-refractivity contribution in [3.63, 3.8) is 0 Å². The van der Waals surface area contributed by atoms with Crippen LogP contribution >= 0.6 is 0 Å². The van der Waals surface area contributed by atoms with Crippen LogP contribution in [0.25, 0.3) is 0 Å². The highest BCUT2D eigenvalue weighted by molar-refractivity contribution is 5.80. The Kier molecular flexibility index (Phi) is 6.46. The molecule has 1 saturated heterocycles. The zero-order valence-electron chi connectivity index (χ0n) is 13.9. The van der Waals surface area contributed by atoms with Crippen LogP contribution in [0.3, 0.4) is 0 Å². The lowest BCUT2D eigenvalue weighted by Gasteiger charge is -2.38. The summed E-state index contributed by atoms with van der Waals surface area (Å²) in [4.78, 5) is 14.4. The maximum absolute atomic E-state index is 11.9. The van der Waals surface area contributed by atoms with Gasteiger partial charge in [-0.05, 0) is 57.7 Å². The molecule has 4 heteroatoms. The first-order valence-electron chi connectivity index (χ1n) is 7.89. The third kappa shape index (κ3) is 5.06. The largest absolute Gasteiger partial charge is 0.468 e. The van der Waals surface area contributed by atoms with E-state index in [4.69, 9.17) is 4.74 Å². The lowest BCUT2D eigenvalue weighted by molar-refractivity contribution is -0.148. The quantitative estimate of drug-likeness (QED) is 0.729. The molecule has 0 aromatic rings. The predicted octanol–water partition coefficient (Wildman–Crippen LogP) is 2.43. The zero-order valence-corrected chi connectivity index (χ0v) is 13.9. The van der Waals surface area contributed by atoms with Crippen LogP contribution in [0.15, 0.2) is 0 Å². The van der Waals surface area contributed by atoms with Gasteiger partial charge in [0.2, 0.25) is 0 Å². The maximum Gasteiger partial charge on any atom is 0.325 e. The second-order valence-electron chi connectivity index (χ2n) is 7.00. The fourth-order valence-corrected chi connectivity index (χ4v) is 3.27. The van der Waals surface area contributed by atoms with Crippen molar-refractivity contribution in [1.82, 2.24) is 10.2 Å². The van der Waals surface area contributed by atoms with Gasteiger partial charge in [-0.1, -0.05) is 20.8 Å². The molecular weight excluding hydrogens is 252 g/mol. The van der Waals surface area contributed by atoms with Crippen LogP contribution in [0.2, 0.25) is 0 Å². The van der Waals surface area contributed by atoms with E-state index in [1.165, 1.54) is 33.0 Å². The highest BCUT2D eigenvalue weighted by atomic mass is 16.5. The minimum absolute atomic E-state index is 0.154. The van der Waals surface area contributed by atoms with Crippen molar-refractivity contribution >= 4 is 5.97 Å². The average molecular weight is 284 g/mol. The molecule has 0 saturated carbocycles. The third-order valence-corrected chi connectivity index (χ3v) is 4.33. The van der Waals surface area contributed by atoms with Gasteiger partial charge in [-0.3, -0.25) is 4.79 Å². The molecule has 0 amide bonds. The molecule has 0 aliphatic carbocycles. The number of carbonyl (C=O) groups excluding carboxylic acids is 1. The average Bonchev–Trinajstić information content (AvgIpc) is 2.37. The van der Waals surface area contributed by atoms with Crippen LogP contribution in [0.5, 0.6) is 0 Å². The van der Waals surface area contributed by atoms with Crippen LogP contribution in [0.4, 0.5) is 0 Å². The molecule has 1 aliphatic heterocycles. The van der Waals surface area contributed by atoms with E-state index in [0.29, 0.717) is 5.41 Å². The van der Waals surface area contributed by atoms with Gasteiger partial charge in [-0.25, -0.2) is 0 Å². The summed E-state index contributed by atoms with van der Waals surface area (Å²) in [5.41, 5.74) is -0.111. The molecule has 0 radical (unpaired) electrons. The molecule has 1 fully saturated rings. The number of likely N-dealkylation sites (tertiary alicyclic amines) is 1. The van der Waals surface area contributed by atoms with Gasteiger partial charge < -0.3 is 15.0 Å². The summed E-state index contributed by atoms with van der Waals surface area (Å²) >= 11 is 0. The zero-order chi connectivity index (χ0) is 15.2. The summed E-state index contributed by atoms with van der Waals surface area (Å²) in [5, 5.41) is 3.27. The van der Waals surface area contributed by atoms with Crippen LogP contribution in [0, 0.1) is 5.41 Å². The van der Waals surface area contributed by atoms with E-state index >= 15 is 0 Å². The van der Waals surface area contributed by atoms with Crippen molar-refractivity contribution in [2.24, 2.45) is 5.41 Å². The number of methoxy groups -OCH3 is 1. The van der Waals surface area contributed by atoms with E-state index < -0.39 is 5.54 Å². The first-order valence-corrected chi connectivity index (χ1v) is 7.89. The summed E-state index contributed by atoms with van der Waals surface area (Å²) in [6, 6.07) is 0. The molecular formula is C16H32N2O2. The summed E-state index contributed by atoms with van der Waals surface area (Å²) in [5.74, 6) is -0.154. The van der Waals surface area contributed by atoms with Crippen molar-refractivity contribution < 1.29 is 9.53 Å². The lowest BCUT2D eigenvalue weighted by atomic mass is 9.84. The Morgan fingerprint density at radius 1 is 1.45 bits per heavy atom. The summed E-state index contributed by atoms with van der Waals surface area (Å²) in [6.07, 6.45) is 4.45. The smallest absolute Gasteiger partial charge is 0.325 e. The third-order valence-electron chi connectivity index (χ3n) is 4.33. The monoisotopic (exact) mass is 284 g/mol. The van der Waals surface area contributed by atoms with Gasteiger partial charge >= 0.3 is 5.97 Å². The van der Waals surface area contributed by atoms with Gasteiger partial charge in [0.15, 0.2) is 0 Å². The van der Waals surface area contributed by atoms with Crippen LogP contribution in [-0.4, -0.2) is 49.7 Å². The molecule has 0 aromatic carbocycles. The molecule has 1 heterocycles. The van der Waals surface area contributed by atoms with E-state index in [-0.39, 0.29) is 5.97 Å². The maximum atomic E-state index is 11.9. The number of likely N-dealkylation sites (N-methyl/N-ethyl adjacent to an activating group) is 1. The van der Waals surface area contributed by atoms with Crippen molar-refractivity contribution in [3.8, 4) is 0 Å². The number of hydrogen-bond donors (Lipinski definition) is 1. The van der Waals surface area contributed by atoms with Gasteiger partial charge in [-0.2, -0.15) is 0 Å². The molecule has 0 bridgehead atoms. The number of hydrogen-bond acceptors (Lipinski definition) is 4. The van der Waals surface area contributed by atoms with Crippen LogP contribution in [0.1, 0.15) is 53.4 Å². The number of esters is 1. The first-order chi connectivity index (χ1) is 9.33. The minimum Gasteiger partial charge on any atom is -0.468 e. The van der Waals surface area contributed by atoms with E-state index in [1.807, 2.05) is 13.8 Å². The number of nitrogens with one attached hydrogen (secondary N) is 1. The fraction of sp³-hybridized carbons (Fsp3) is 0.938. The molecule has 1 aliphatic rings. The number of piperidine rings is 1. The van der Waals surface area contributed by atoms with Crippen LogP contribution in [-0.2, 0) is 9.53 Å². The highest BCUT2D eigenvalue weighted by Crippen LogP contribution is 2.28. The van der Waals surface area contributed by atoms with Gasteiger partial charge in [0.05, 0.1) is 7.11 Å². The van der Waals surface area contributed by atoms with Crippen molar-refractivity contribution in [2.45, 2.75) is 58.9 Å². The minimum atomic E-state index is -0.547. The van der Waals surface area contributed by atoms with E-state index in [2.05, 4.69) is 24.1 Å². The van der Waals surface area contributed by atoms with E-state index in [9.17, 15) is 4.79 Å². The Hall–Kier alpha value is -0.610. The molecule has 4 nitrogen and oxygen atoms in total. The van der Waals surface area contributed by atoms with Crippen molar-refractivity contribution in [1.29, 1.82) is 0 Å². The molecule has 1 N–H and O–H groups in total. The normalized spacial score (nSPS) is 22.2. The van der Waals surface area contributed by atoms with Gasteiger partial charge in [-0.15, -0.1) is 0 Å². The van der Waals surface area contributed by atoms with E-state index in [1.54, 1.807) is 0 Å². The van der Waals surface area contributed by atoms with E-state index in [0.717, 1.165) is 25.9 Å². The summed E-state index contributed by atoms with van der Waals surface area (Å²) < 4.78 is 4.93. The molecule has 0 aromatic heterocycles. The highest BCUT2D eigenvalue weighted by Gasteiger charge is 2.33. The number of nitrogens with zero attached hydrogens (tertiary/aromatic N) is 1. The topological polar surface area (TPSA) is 41.6 Å². The summed E-state index contributed by atoms with van der Waals surface area (Å²) in [7, 11) is 1.46. The standard InChI is InChI=1S/C16H32N2O2/c1-6-17-16(4,14(19)20-5)10-8-12-18-11-7-9-15(2,3)13-18/h17H,6-13H2,1-5H3. The number of ether oxygens (including phenoxy) is 1. The number of rotatable bonds is 7. The van der Waals surface area contributed by atoms with Gasteiger partial charge in [0.1, 0.15) is 5.54 Å². The van der Waals surface area contributed by atoms with Crippen LogP contribution < -0.4 is 5.32 Å². The molecule has 1 rings (SSSR count). The fourth-order valence-electron chi connectivity index (χ4n) is 3.27. The second-order valence-corrected chi connectivity index (χ2v) is 7.00. The Morgan fingerprint density at radius 2 is 2.15 bits per heavy atom. The Labute approximate surface area is 124 Å². The Morgan fingerprint density at radius 3 is 2.70 bits per heavy atom. The Balaban J connectivity index is 2.42. The molecule has 118 valence electrons. The Bertz CT molecular complexity index is 318. The lowest BCUT2D eigenvalue weighted by Crippen LogP contribution is -2.50. The molecule has 1 unspecified atom stereocenters.